The van der Waals surface area contributed by atoms with Crippen molar-refractivity contribution < 1.29 is 4.39 Å². The minimum atomic E-state index is -0.448. The van der Waals surface area contributed by atoms with E-state index in [0.717, 1.165) is 18.5 Å². The zero-order valence-electron chi connectivity index (χ0n) is 10.4. The van der Waals surface area contributed by atoms with E-state index in [-0.39, 0.29) is 5.02 Å². The summed E-state index contributed by atoms with van der Waals surface area (Å²) in [5, 5.41) is 4.42. The summed E-state index contributed by atoms with van der Waals surface area (Å²) in [5.74, 6) is 0.0100. The lowest BCUT2D eigenvalue weighted by Crippen LogP contribution is -1.98. The number of nitrogens with zero attached hydrogens (tertiary/aromatic N) is 2. The molecule has 0 unspecified atom stereocenters. The first kappa shape index (κ1) is 12.9. The molecule has 96 valence electrons. The Kier molecular flexibility index (Phi) is 3.57. The van der Waals surface area contributed by atoms with Gasteiger partial charge in [-0.15, -0.1) is 0 Å². The number of nitrogens with two attached hydrogens (primary N) is 1. The lowest BCUT2D eigenvalue weighted by molar-refractivity contribution is 0.631. The predicted molar refractivity (Wildman–Crippen MR) is 72.0 cm³/mol. The zero-order chi connectivity index (χ0) is 13.3. The monoisotopic (exact) mass is 267 g/mol. The number of anilines is 1. The second-order valence-electron chi connectivity index (χ2n) is 4.18. The van der Waals surface area contributed by atoms with Crippen LogP contribution in [0, 0.1) is 5.82 Å². The summed E-state index contributed by atoms with van der Waals surface area (Å²) in [6.07, 6.45) is 1.68. The summed E-state index contributed by atoms with van der Waals surface area (Å²) in [6, 6.07) is 4.91. The van der Waals surface area contributed by atoms with Gasteiger partial charge in [-0.05, 0) is 12.5 Å². The van der Waals surface area contributed by atoms with Gasteiger partial charge in [0.25, 0.3) is 0 Å². The molecule has 0 radical (unpaired) electrons. The van der Waals surface area contributed by atoms with Crippen molar-refractivity contribution in [3.05, 3.63) is 34.7 Å². The van der Waals surface area contributed by atoms with Gasteiger partial charge < -0.3 is 5.73 Å². The quantitative estimate of drug-likeness (QED) is 0.926. The summed E-state index contributed by atoms with van der Waals surface area (Å²) in [5.41, 5.74) is 7.85. The topological polar surface area (TPSA) is 43.8 Å². The van der Waals surface area contributed by atoms with Gasteiger partial charge in [0.1, 0.15) is 11.6 Å². The molecule has 1 aromatic heterocycles. The molecule has 1 aromatic carbocycles. The number of nitrogen functional groups attached to an aromatic ring is 1. The minimum absolute atomic E-state index is 0.0956. The first-order valence-corrected chi connectivity index (χ1v) is 6.19. The standard InChI is InChI=1S/C13H15ClFN3/c1-3-5-10-11(13(16)18(2)17-10)8-6-4-7-9(14)12(8)15/h4,6-7H,3,5,16H2,1-2H3. The van der Waals surface area contributed by atoms with E-state index in [9.17, 15) is 4.39 Å². The fourth-order valence-corrected chi connectivity index (χ4v) is 2.17. The van der Waals surface area contributed by atoms with Gasteiger partial charge in [0, 0.05) is 18.2 Å². The van der Waals surface area contributed by atoms with E-state index >= 15 is 0 Å². The summed E-state index contributed by atoms with van der Waals surface area (Å²) in [6.45, 7) is 2.04. The molecule has 2 N–H and O–H groups in total. The van der Waals surface area contributed by atoms with Crippen LogP contribution in [0.4, 0.5) is 10.2 Å². The number of halogens is 2. The van der Waals surface area contributed by atoms with Gasteiger partial charge in [0.05, 0.1) is 10.7 Å². The Morgan fingerprint density at radius 3 is 2.83 bits per heavy atom. The van der Waals surface area contributed by atoms with E-state index < -0.39 is 5.82 Å². The van der Waals surface area contributed by atoms with Gasteiger partial charge in [0.2, 0.25) is 0 Å². The third-order valence-electron chi connectivity index (χ3n) is 2.87. The van der Waals surface area contributed by atoms with Crippen molar-refractivity contribution in [1.82, 2.24) is 9.78 Å². The molecular formula is C13H15ClFN3. The molecule has 0 aliphatic carbocycles. The van der Waals surface area contributed by atoms with Crippen LogP contribution in [0.5, 0.6) is 0 Å². The summed E-state index contributed by atoms with van der Waals surface area (Å²) in [4.78, 5) is 0. The number of aryl methyl sites for hydroxylation is 2. The highest BCUT2D eigenvalue weighted by Gasteiger charge is 2.19. The van der Waals surface area contributed by atoms with Crippen molar-refractivity contribution in [2.75, 3.05) is 5.73 Å². The average Bonchev–Trinajstić information content (AvgIpc) is 2.60. The largest absolute Gasteiger partial charge is 0.383 e. The van der Waals surface area contributed by atoms with Crippen molar-refractivity contribution in [3.63, 3.8) is 0 Å². The van der Waals surface area contributed by atoms with Gasteiger partial charge in [-0.3, -0.25) is 4.68 Å². The van der Waals surface area contributed by atoms with Crippen LogP contribution in [0.2, 0.25) is 5.02 Å². The van der Waals surface area contributed by atoms with Gasteiger partial charge in [-0.1, -0.05) is 37.1 Å². The normalized spacial score (nSPS) is 10.9. The summed E-state index contributed by atoms with van der Waals surface area (Å²) >= 11 is 5.81. The highest BCUT2D eigenvalue weighted by Crippen LogP contribution is 2.34. The van der Waals surface area contributed by atoms with E-state index in [1.165, 1.54) is 6.07 Å². The molecule has 0 aliphatic rings. The van der Waals surface area contributed by atoms with Crippen molar-refractivity contribution in [1.29, 1.82) is 0 Å². The number of benzene rings is 1. The molecule has 0 amide bonds. The molecule has 18 heavy (non-hydrogen) atoms. The highest BCUT2D eigenvalue weighted by molar-refractivity contribution is 6.31. The maximum absolute atomic E-state index is 14.1. The number of rotatable bonds is 3. The molecule has 2 aromatic rings. The van der Waals surface area contributed by atoms with Crippen LogP contribution in [0.15, 0.2) is 18.2 Å². The third kappa shape index (κ3) is 2.08. The molecule has 0 aliphatic heterocycles. The van der Waals surface area contributed by atoms with E-state index in [0.29, 0.717) is 16.9 Å². The Morgan fingerprint density at radius 2 is 2.17 bits per heavy atom. The molecule has 0 fully saturated rings. The van der Waals surface area contributed by atoms with Crippen LogP contribution in [-0.4, -0.2) is 9.78 Å². The molecule has 0 bridgehead atoms. The average molecular weight is 268 g/mol. The van der Waals surface area contributed by atoms with Crippen molar-refractivity contribution in [2.24, 2.45) is 7.05 Å². The lowest BCUT2D eigenvalue weighted by atomic mass is 10.0. The fraction of sp³-hybridized carbons (Fsp3) is 0.308. The number of hydrogen-bond acceptors (Lipinski definition) is 2. The van der Waals surface area contributed by atoms with Crippen molar-refractivity contribution >= 4 is 17.4 Å². The molecule has 2 rings (SSSR count). The van der Waals surface area contributed by atoms with Gasteiger partial charge >= 0.3 is 0 Å². The summed E-state index contributed by atoms with van der Waals surface area (Å²) in [7, 11) is 1.75. The smallest absolute Gasteiger partial charge is 0.149 e. The second-order valence-corrected chi connectivity index (χ2v) is 4.59. The van der Waals surface area contributed by atoms with Crippen LogP contribution in [0.1, 0.15) is 19.0 Å². The third-order valence-corrected chi connectivity index (χ3v) is 3.16. The summed E-state index contributed by atoms with van der Waals surface area (Å²) < 4.78 is 15.6. The molecule has 3 nitrogen and oxygen atoms in total. The van der Waals surface area contributed by atoms with Gasteiger partial charge in [-0.25, -0.2) is 4.39 Å². The SMILES string of the molecule is CCCc1nn(C)c(N)c1-c1cccc(Cl)c1F. The Morgan fingerprint density at radius 1 is 1.44 bits per heavy atom. The molecule has 0 spiro atoms. The number of hydrogen-bond donors (Lipinski definition) is 1. The maximum Gasteiger partial charge on any atom is 0.149 e. The Hall–Kier alpha value is -1.55. The Balaban J connectivity index is 2.66. The van der Waals surface area contributed by atoms with Crippen LogP contribution < -0.4 is 5.73 Å². The van der Waals surface area contributed by atoms with Crippen LogP contribution in [0.3, 0.4) is 0 Å². The highest BCUT2D eigenvalue weighted by atomic mass is 35.5. The van der Waals surface area contributed by atoms with Crippen molar-refractivity contribution in [2.45, 2.75) is 19.8 Å². The van der Waals surface area contributed by atoms with E-state index in [1.54, 1.807) is 23.9 Å². The zero-order valence-corrected chi connectivity index (χ0v) is 11.1. The Labute approximate surface area is 110 Å². The molecule has 0 atom stereocenters. The van der Waals surface area contributed by atoms with Gasteiger partial charge in [-0.2, -0.15) is 5.10 Å². The fourth-order valence-electron chi connectivity index (χ4n) is 2.00. The molecule has 1 heterocycles. The minimum Gasteiger partial charge on any atom is -0.383 e. The van der Waals surface area contributed by atoms with E-state index in [2.05, 4.69) is 5.10 Å². The van der Waals surface area contributed by atoms with Crippen LogP contribution in [0.25, 0.3) is 11.1 Å². The maximum atomic E-state index is 14.1. The first-order chi connectivity index (χ1) is 8.56. The van der Waals surface area contributed by atoms with E-state index in [1.807, 2.05) is 6.92 Å². The first-order valence-electron chi connectivity index (χ1n) is 5.82. The van der Waals surface area contributed by atoms with E-state index in [4.69, 9.17) is 17.3 Å². The van der Waals surface area contributed by atoms with Crippen LogP contribution in [-0.2, 0) is 13.5 Å². The molecule has 0 saturated carbocycles. The molecule has 0 saturated heterocycles. The predicted octanol–water partition coefficient (Wildman–Crippen LogP) is 3.41. The lowest BCUT2D eigenvalue weighted by Gasteiger charge is -2.06. The van der Waals surface area contributed by atoms with Crippen molar-refractivity contribution in [3.8, 4) is 11.1 Å². The Bertz CT molecular complexity index is 578. The molecular weight excluding hydrogens is 253 g/mol. The molecule has 5 heteroatoms. The van der Waals surface area contributed by atoms with Gasteiger partial charge in [0.15, 0.2) is 0 Å². The van der Waals surface area contributed by atoms with Crippen LogP contribution >= 0.6 is 11.6 Å². The second kappa shape index (κ2) is 4.98. The number of aromatic nitrogens is 2.